The number of hydrogen-bond donors (Lipinski definition) is 2. The van der Waals surface area contributed by atoms with Crippen LogP contribution in [0.5, 0.6) is 0 Å². The predicted octanol–water partition coefficient (Wildman–Crippen LogP) is 0.226. The lowest BCUT2D eigenvalue weighted by Gasteiger charge is -2.03. The zero-order valence-electron chi connectivity index (χ0n) is 8.63. The maximum absolute atomic E-state index is 9.25. The summed E-state index contributed by atoms with van der Waals surface area (Å²) in [5, 5.41) is 18.1. The molecule has 0 radical (unpaired) electrons. The Bertz CT molecular complexity index is 338. The summed E-state index contributed by atoms with van der Waals surface area (Å²) in [7, 11) is -1.48. The van der Waals surface area contributed by atoms with Crippen molar-refractivity contribution in [2.45, 2.75) is 31.8 Å². The number of hydrogen-bond acceptors (Lipinski definition) is 2. The molecule has 0 spiro atoms. The van der Waals surface area contributed by atoms with E-state index in [-0.39, 0.29) is 0 Å². The van der Waals surface area contributed by atoms with E-state index < -0.39 is 20.3 Å². The van der Waals surface area contributed by atoms with Crippen molar-refractivity contribution in [2.75, 3.05) is 0 Å². The lowest BCUT2D eigenvalue weighted by atomic mass is 10.3. The summed E-state index contributed by atoms with van der Waals surface area (Å²) in [6.45, 7) is 6.20. The normalized spacial score (nSPS) is 13.7. The van der Waals surface area contributed by atoms with Crippen molar-refractivity contribution in [1.82, 2.24) is 0 Å². The van der Waals surface area contributed by atoms with Crippen LogP contribution in [-0.4, -0.2) is 30.5 Å². The highest BCUT2D eigenvalue weighted by Crippen LogP contribution is 1.96. The summed E-state index contributed by atoms with van der Waals surface area (Å²) in [5.41, 5.74) is 2.97. The summed E-state index contributed by atoms with van der Waals surface area (Å²) in [5.74, 6) is 9.31. The molecular weight excluding hydrogens is 192 g/mol. The van der Waals surface area contributed by atoms with E-state index in [1.165, 1.54) is 0 Å². The van der Waals surface area contributed by atoms with Gasteiger partial charge >= 0.3 is 0 Å². The smallest absolute Gasteiger partial charge is 0.176 e. The van der Waals surface area contributed by atoms with Crippen LogP contribution in [-0.2, 0) is 0 Å². The minimum absolute atomic E-state index is 1.02. The molecule has 0 rings (SSSR count). The molecule has 0 aromatic heterocycles. The molecule has 0 aromatic carbocycles. The summed E-state index contributed by atoms with van der Waals surface area (Å²) >= 11 is 0. The molecule has 2 nitrogen and oxygen atoms in total. The summed E-state index contributed by atoms with van der Waals surface area (Å²) in [6.07, 6.45) is 2.74. The van der Waals surface area contributed by atoms with Crippen molar-refractivity contribution in [3.63, 3.8) is 0 Å². The molecule has 0 unspecified atom stereocenters. The van der Waals surface area contributed by atoms with Crippen molar-refractivity contribution in [3.05, 3.63) is 0 Å². The Morgan fingerprint density at radius 1 is 1.00 bits per heavy atom. The fourth-order valence-corrected chi connectivity index (χ4v) is 1.09. The number of aliphatic hydroxyl groups excluding tert-OH is 2. The van der Waals surface area contributed by atoms with Gasteiger partial charge in [0.2, 0.25) is 0 Å². The lowest BCUT2D eigenvalue weighted by molar-refractivity contribution is 0.280. The third-order valence-electron chi connectivity index (χ3n) is 1.10. The van der Waals surface area contributed by atoms with Crippen molar-refractivity contribution >= 4 is 8.07 Å². The first-order chi connectivity index (χ1) is 6.35. The minimum atomic E-state index is -1.48. The summed E-state index contributed by atoms with van der Waals surface area (Å²) < 4.78 is 0. The Labute approximate surface area is 86.4 Å². The largest absolute Gasteiger partial charge is 0.369 e. The first-order valence-electron chi connectivity index (χ1n) is 4.21. The SMILES string of the molecule is C#C[C@@H](O)C#C[C@H](O)C#C[Si](C)(C)C. The zero-order valence-corrected chi connectivity index (χ0v) is 9.63. The second-order valence-corrected chi connectivity index (χ2v) is 8.53. The van der Waals surface area contributed by atoms with Gasteiger partial charge in [0.05, 0.1) is 0 Å². The average molecular weight is 206 g/mol. The molecule has 0 bridgehead atoms. The van der Waals surface area contributed by atoms with Crippen LogP contribution < -0.4 is 0 Å². The molecular formula is C11H14O2Si. The van der Waals surface area contributed by atoms with Gasteiger partial charge in [0, 0.05) is 0 Å². The van der Waals surface area contributed by atoms with Crippen LogP contribution >= 0.6 is 0 Å². The van der Waals surface area contributed by atoms with Gasteiger partial charge in [-0.1, -0.05) is 43.3 Å². The average Bonchev–Trinajstić information content (AvgIpc) is 2.09. The Kier molecular flexibility index (Phi) is 5.06. The first kappa shape index (κ1) is 12.8. The zero-order chi connectivity index (χ0) is 11.2. The minimum Gasteiger partial charge on any atom is -0.369 e. The second-order valence-electron chi connectivity index (χ2n) is 3.78. The lowest BCUT2D eigenvalue weighted by Crippen LogP contribution is -2.17. The van der Waals surface area contributed by atoms with Crippen LogP contribution in [0.1, 0.15) is 0 Å². The fourth-order valence-electron chi connectivity index (χ4n) is 0.520. The van der Waals surface area contributed by atoms with Crippen molar-refractivity contribution in [2.24, 2.45) is 0 Å². The van der Waals surface area contributed by atoms with E-state index in [1.807, 2.05) is 5.92 Å². The Hall–Kier alpha value is -1.18. The van der Waals surface area contributed by atoms with Crippen LogP contribution in [0.15, 0.2) is 0 Å². The molecule has 0 aromatic rings. The van der Waals surface area contributed by atoms with E-state index in [1.54, 1.807) is 0 Å². The molecule has 0 aliphatic rings. The van der Waals surface area contributed by atoms with Gasteiger partial charge in [-0.15, -0.1) is 12.0 Å². The van der Waals surface area contributed by atoms with E-state index >= 15 is 0 Å². The Balaban J connectivity index is 4.35. The van der Waals surface area contributed by atoms with Gasteiger partial charge in [0.25, 0.3) is 0 Å². The molecule has 0 aliphatic heterocycles. The van der Waals surface area contributed by atoms with Crippen molar-refractivity contribution in [3.8, 4) is 35.6 Å². The summed E-state index contributed by atoms with van der Waals surface area (Å²) in [4.78, 5) is 0. The third-order valence-corrected chi connectivity index (χ3v) is 1.99. The van der Waals surface area contributed by atoms with Gasteiger partial charge in [0.15, 0.2) is 12.2 Å². The van der Waals surface area contributed by atoms with E-state index in [0.29, 0.717) is 0 Å². The molecule has 0 amide bonds. The number of rotatable bonds is 0. The van der Waals surface area contributed by atoms with Gasteiger partial charge in [-0.05, 0) is 0 Å². The van der Waals surface area contributed by atoms with E-state index in [4.69, 9.17) is 11.5 Å². The van der Waals surface area contributed by atoms with Gasteiger partial charge in [-0.3, -0.25) is 0 Å². The predicted molar refractivity (Wildman–Crippen MR) is 59.7 cm³/mol. The van der Waals surface area contributed by atoms with Crippen molar-refractivity contribution < 1.29 is 10.2 Å². The maximum Gasteiger partial charge on any atom is 0.176 e. The van der Waals surface area contributed by atoms with E-state index in [9.17, 15) is 5.11 Å². The van der Waals surface area contributed by atoms with Crippen LogP contribution in [0.4, 0.5) is 0 Å². The topological polar surface area (TPSA) is 40.5 Å². The van der Waals surface area contributed by atoms with Gasteiger partial charge in [0.1, 0.15) is 8.07 Å². The highest BCUT2D eigenvalue weighted by Gasteiger charge is 2.07. The molecule has 0 aliphatic carbocycles. The molecule has 0 heterocycles. The highest BCUT2D eigenvalue weighted by atomic mass is 28.3. The molecule has 0 saturated heterocycles. The van der Waals surface area contributed by atoms with Crippen LogP contribution in [0.2, 0.25) is 19.6 Å². The monoisotopic (exact) mass is 206 g/mol. The van der Waals surface area contributed by atoms with Crippen LogP contribution in [0, 0.1) is 35.6 Å². The fraction of sp³-hybridized carbons (Fsp3) is 0.455. The number of aliphatic hydroxyl groups is 2. The van der Waals surface area contributed by atoms with E-state index in [0.717, 1.165) is 0 Å². The Morgan fingerprint density at radius 2 is 1.50 bits per heavy atom. The van der Waals surface area contributed by atoms with E-state index in [2.05, 4.69) is 42.9 Å². The van der Waals surface area contributed by atoms with Crippen molar-refractivity contribution in [1.29, 1.82) is 0 Å². The maximum atomic E-state index is 9.25. The second kappa shape index (κ2) is 5.53. The Morgan fingerprint density at radius 3 is 1.93 bits per heavy atom. The van der Waals surface area contributed by atoms with Crippen LogP contribution in [0.25, 0.3) is 0 Å². The highest BCUT2D eigenvalue weighted by molar-refractivity contribution is 6.83. The summed E-state index contributed by atoms with van der Waals surface area (Å²) in [6, 6.07) is 0. The quantitative estimate of drug-likeness (QED) is 0.440. The van der Waals surface area contributed by atoms with Crippen LogP contribution in [0.3, 0.4) is 0 Å². The van der Waals surface area contributed by atoms with Gasteiger partial charge < -0.3 is 10.2 Å². The molecule has 0 fully saturated rings. The third kappa shape index (κ3) is 7.47. The molecule has 74 valence electrons. The molecule has 14 heavy (non-hydrogen) atoms. The molecule has 2 atom stereocenters. The molecule has 0 saturated carbocycles. The van der Waals surface area contributed by atoms with Gasteiger partial charge in [-0.2, -0.15) is 0 Å². The molecule has 2 N–H and O–H groups in total. The standard InChI is InChI=1S/C11H14O2Si/c1-5-10(12)6-7-11(13)8-9-14(2,3)4/h1,10-13H,2-4H3/t10-,11+/m1/s1. The first-order valence-corrected chi connectivity index (χ1v) is 7.71. The number of terminal acetylenes is 1. The van der Waals surface area contributed by atoms with Gasteiger partial charge in [-0.25, -0.2) is 0 Å². The molecule has 3 heteroatoms.